The van der Waals surface area contributed by atoms with Gasteiger partial charge in [-0.2, -0.15) is 0 Å². The third-order valence-corrected chi connectivity index (χ3v) is 3.97. The average molecular weight is 277 g/mol. The largest absolute Gasteiger partial charge is 0.342 e. The Balaban J connectivity index is 1.78. The molecule has 0 aromatic heterocycles. The Morgan fingerprint density at radius 1 is 0.952 bits per heavy atom. The molecular weight excluding hydrogens is 258 g/mol. The summed E-state index contributed by atoms with van der Waals surface area (Å²) in [6.07, 6.45) is -0.0864. The highest BCUT2D eigenvalue weighted by molar-refractivity contribution is 5.35. The molecular formula is C19H19NO. The molecule has 2 aromatic rings. The highest BCUT2D eigenvalue weighted by Gasteiger charge is 2.36. The summed E-state index contributed by atoms with van der Waals surface area (Å²) in [6, 6.07) is 20.7. The van der Waals surface area contributed by atoms with Crippen molar-refractivity contribution in [2.24, 2.45) is 0 Å². The molecule has 2 nitrogen and oxygen atoms in total. The van der Waals surface area contributed by atoms with Crippen molar-refractivity contribution in [3.8, 4) is 11.8 Å². The van der Waals surface area contributed by atoms with E-state index >= 15 is 0 Å². The molecule has 1 aliphatic rings. The van der Waals surface area contributed by atoms with Gasteiger partial charge in [-0.25, -0.2) is 0 Å². The quantitative estimate of drug-likeness (QED) is 0.740. The SMILES string of the molecule is C[C@H]1[C@H](c2ccccc2)O[C@@H](C#Cc2ccccc2)N1C. The lowest BCUT2D eigenvalue weighted by molar-refractivity contribution is 0.0471. The maximum atomic E-state index is 6.15. The molecule has 3 atom stereocenters. The van der Waals surface area contributed by atoms with E-state index in [1.54, 1.807) is 0 Å². The number of hydrogen-bond acceptors (Lipinski definition) is 2. The summed E-state index contributed by atoms with van der Waals surface area (Å²) in [5.41, 5.74) is 2.23. The zero-order chi connectivity index (χ0) is 14.7. The number of benzene rings is 2. The number of nitrogens with zero attached hydrogens (tertiary/aromatic N) is 1. The number of rotatable bonds is 1. The van der Waals surface area contributed by atoms with Crippen molar-refractivity contribution in [1.82, 2.24) is 4.90 Å². The lowest BCUT2D eigenvalue weighted by Crippen LogP contribution is -2.30. The molecule has 1 heterocycles. The van der Waals surface area contributed by atoms with Gasteiger partial charge in [-0.15, -0.1) is 0 Å². The molecule has 1 aliphatic heterocycles. The first kappa shape index (κ1) is 13.9. The van der Waals surface area contributed by atoms with Crippen molar-refractivity contribution < 1.29 is 4.74 Å². The van der Waals surface area contributed by atoms with Gasteiger partial charge in [-0.1, -0.05) is 54.5 Å². The molecule has 106 valence electrons. The smallest absolute Gasteiger partial charge is 0.175 e. The van der Waals surface area contributed by atoms with Crippen LogP contribution in [0.2, 0.25) is 0 Å². The molecule has 2 heteroatoms. The summed E-state index contributed by atoms with van der Waals surface area (Å²) in [7, 11) is 2.07. The van der Waals surface area contributed by atoms with Gasteiger partial charge in [0, 0.05) is 11.6 Å². The van der Waals surface area contributed by atoms with Crippen LogP contribution in [0.1, 0.15) is 24.2 Å². The van der Waals surface area contributed by atoms with Crippen LogP contribution in [-0.2, 0) is 4.74 Å². The first-order valence-electron chi connectivity index (χ1n) is 7.24. The maximum absolute atomic E-state index is 6.15. The van der Waals surface area contributed by atoms with Crippen LogP contribution in [0.15, 0.2) is 60.7 Å². The molecule has 21 heavy (non-hydrogen) atoms. The molecule has 0 bridgehead atoms. The average Bonchev–Trinajstić information content (AvgIpc) is 2.83. The van der Waals surface area contributed by atoms with Crippen LogP contribution in [-0.4, -0.2) is 24.2 Å². The predicted molar refractivity (Wildman–Crippen MR) is 84.6 cm³/mol. The summed E-state index contributed by atoms with van der Waals surface area (Å²) < 4.78 is 6.15. The Hall–Kier alpha value is -2.08. The van der Waals surface area contributed by atoms with E-state index in [-0.39, 0.29) is 12.3 Å². The van der Waals surface area contributed by atoms with Crippen LogP contribution >= 0.6 is 0 Å². The molecule has 3 rings (SSSR count). The van der Waals surface area contributed by atoms with Crippen molar-refractivity contribution >= 4 is 0 Å². The van der Waals surface area contributed by atoms with E-state index in [4.69, 9.17) is 4.74 Å². The van der Waals surface area contributed by atoms with Crippen molar-refractivity contribution in [1.29, 1.82) is 0 Å². The zero-order valence-corrected chi connectivity index (χ0v) is 12.4. The third-order valence-electron chi connectivity index (χ3n) is 3.97. The Bertz CT molecular complexity index is 642. The van der Waals surface area contributed by atoms with Crippen LogP contribution in [0.4, 0.5) is 0 Å². The fourth-order valence-electron chi connectivity index (χ4n) is 2.58. The van der Waals surface area contributed by atoms with E-state index in [0.717, 1.165) is 5.56 Å². The van der Waals surface area contributed by atoms with E-state index in [2.05, 4.69) is 42.8 Å². The van der Waals surface area contributed by atoms with Gasteiger partial charge < -0.3 is 4.74 Å². The first-order valence-corrected chi connectivity index (χ1v) is 7.24. The van der Waals surface area contributed by atoms with Crippen molar-refractivity contribution in [3.63, 3.8) is 0 Å². The molecule has 0 unspecified atom stereocenters. The Kier molecular flexibility index (Phi) is 4.06. The lowest BCUT2D eigenvalue weighted by Gasteiger charge is -2.18. The molecule has 0 aliphatic carbocycles. The molecule has 0 radical (unpaired) electrons. The topological polar surface area (TPSA) is 12.5 Å². The van der Waals surface area contributed by atoms with E-state index in [1.807, 2.05) is 48.5 Å². The second-order valence-electron chi connectivity index (χ2n) is 5.36. The summed E-state index contributed by atoms with van der Waals surface area (Å²) in [4.78, 5) is 2.19. The summed E-state index contributed by atoms with van der Waals surface area (Å²) >= 11 is 0. The minimum absolute atomic E-state index is 0.0753. The van der Waals surface area contributed by atoms with Gasteiger partial charge in [0.2, 0.25) is 0 Å². The Morgan fingerprint density at radius 2 is 1.57 bits per heavy atom. The van der Waals surface area contributed by atoms with Crippen molar-refractivity contribution in [2.45, 2.75) is 25.3 Å². The fraction of sp³-hybridized carbons (Fsp3) is 0.263. The minimum Gasteiger partial charge on any atom is -0.342 e. The van der Waals surface area contributed by atoms with E-state index in [9.17, 15) is 0 Å². The lowest BCUT2D eigenvalue weighted by atomic mass is 10.0. The van der Waals surface area contributed by atoms with E-state index in [0.29, 0.717) is 6.04 Å². The maximum Gasteiger partial charge on any atom is 0.175 e. The Morgan fingerprint density at radius 3 is 2.24 bits per heavy atom. The molecule has 1 fully saturated rings. The standard InChI is InChI=1S/C19H19NO/c1-15-19(17-11-7-4-8-12-17)21-18(20(15)2)14-13-16-9-5-3-6-10-16/h3-12,15,18-19H,1-2H3/t15-,18-,19+/m0/s1. The van der Waals surface area contributed by atoms with Gasteiger partial charge >= 0.3 is 0 Å². The summed E-state index contributed by atoms with van der Waals surface area (Å²) in [5.74, 6) is 6.42. The molecule has 1 saturated heterocycles. The summed E-state index contributed by atoms with van der Waals surface area (Å²) in [5, 5.41) is 0. The van der Waals surface area contributed by atoms with Crippen LogP contribution in [0.5, 0.6) is 0 Å². The highest BCUT2D eigenvalue weighted by Crippen LogP contribution is 2.33. The van der Waals surface area contributed by atoms with Crippen LogP contribution in [0.3, 0.4) is 0 Å². The van der Waals surface area contributed by atoms with E-state index in [1.165, 1.54) is 5.56 Å². The van der Waals surface area contributed by atoms with Gasteiger partial charge in [0.15, 0.2) is 6.23 Å². The van der Waals surface area contributed by atoms with Gasteiger partial charge in [0.05, 0.1) is 0 Å². The van der Waals surface area contributed by atoms with Gasteiger partial charge in [0.1, 0.15) is 6.10 Å². The molecule has 0 N–H and O–H groups in total. The number of likely N-dealkylation sites (N-methyl/N-ethyl adjacent to an activating group) is 1. The van der Waals surface area contributed by atoms with Crippen molar-refractivity contribution in [2.75, 3.05) is 7.05 Å². The Labute approximate surface area is 126 Å². The molecule has 2 aromatic carbocycles. The fourth-order valence-corrected chi connectivity index (χ4v) is 2.58. The number of ether oxygens (including phenoxy) is 1. The normalized spacial score (nSPS) is 25.3. The second kappa shape index (κ2) is 6.13. The van der Waals surface area contributed by atoms with Crippen molar-refractivity contribution in [3.05, 3.63) is 71.8 Å². The zero-order valence-electron chi connectivity index (χ0n) is 12.4. The first-order chi connectivity index (χ1) is 10.3. The van der Waals surface area contributed by atoms with Gasteiger partial charge in [-0.3, -0.25) is 4.90 Å². The molecule has 0 spiro atoms. The number of hydrogen-bond donors (Lipinski definition) is 0. The monoisotopic (exact) mass is 277 g/mol. The van der Waals surface area contributed by atoms with Gasteiger partial charge in [-0.05, 0) is 37.6 Å². The van der Waals surface area contributed by atoms with Gasteiger partial charge in [0.25, 0.3) is 0 Å². The molecule has 0 saturated carbocycles. The highest BCUT2D eigenvalue weighted by atomic mass is 16.5. The second-order valence-corrected chi connectivity index (χ2v) is 5.36. The molecule has 0 amide bonds. The minimum atomic E-state index is -0.162. The summed E-state index contributed by atoms with van der Waals surface area (Å²) in [6.45, 7) is 2.18. The van der Waals surface area contributed by atoms with Crippen LogP contribution in [0, 0.1) is 11.8 Å². The van der Waals surface area contributed by atoms with Crippen LogP contribution < -0.4 is 0 Å². The van der Waals surface area contributed by atoms with Crippen LogP contribution in [0.25, 0.3) is 0 Å². The predicted octanol–water partition coefficient (Wildman–Crippen LogP) is 3.46. The third kappa shape index (κ3) is 3.00. The van der Waals surface area contributed by atoms with E-state index < -0.39 is 0 Å².